The fourth-order valence-corrected chi connectivity index (χ4v) is 2.65. The van der Waals surface area contributed by atoms with Crippen molar-refractivity contribution in [3.63, 3.8) is 0 Å². The molecule has 0 amide bonds. The van der Waals surface area contributed by atoms with Crippen molar-refractivity contribution in [2.45, 2.75) is 38.5 Å². The van der Waals surface area contributed by atoms with E-state index in [4.69, 9.17) is 0 Å². The highest BCUT2D eigenvalue weighted by Gasteiger charge is 2.23. The first-order chi connectivity index (χ1) is 7.76. The molecule has 88 valence electrons. The van der Waals surface area contributed by atoms with Crippen LogP contribution in [-0.2, 0) is 12.8 Å². The molecule has 0 radical (unpaired) electrons. The monoisotopic (exact) mass is 221 g/mol. The van der Waals surface area contributed by atoms with Gasteiger partial charge in [-0.2, -0.15) is 4.98 Å². The number of rotatable bonds is 3. The zero-order chi connectivity index (χ0) is 11.5. The van der Waals surface area contributed by atoms with Gasteiger partial charge in [0.05, 0.1) is 5.69 Å². The van der Waals surface area contributed by atoms with Gasteiger partial charge in [-0.25, -0.2) is 4.79 Å². The molecule has 0 bridgehead atoms. The molecule has 1 aromatic heterocycles. The predicted octanol–water partition coefficient (Wildman–Crippen LogP) is 0.972. The highest BCUT2D eigenvalue weighted by molar-refractivity contribution is 5.31. The Morgan fingerprint density at radius 3 is 3.06 bits per heavy atom. The third-order valence-electron chi connectivity index (χ3n) is 3.30. The van der Waals surface area contributed by atoms with E-state index in [0.29, 0.717) is 5.92 Å². The number of hydrogen-bond acceptors (Lipinski definition) is 3. The summed E-state index contributed by atoms with van der Waals surface area (Å²) in [6.45, 7) is 3.03. The van der Waals surface area contributed by atoms with Crippen LogP contribution in [0.1, 0.15) is 42.6 Å². The van der Waals surface area contributed by atoms with Crippen molar-refractivity contribution in [1.82, 2.24) is 15.3 Å². The molecule has 4 heteroatoms. The molecular weight excluding hydrogens is 202 g/mol. The van der Waals surface area contributed by atoms with Crippen LogP contribution in [0.5, 0.6) is 0 Å². The molecule has 0 saturated carbocycles. The van der Waals surface area contributed by atoms with Gasteiger partial charge in [0, 0.05) is 12.2 Å². The van der Waals surface area contributed by atoms with Crippen molar-refractivity contribution in [3.05, 3.63) is 27.4 Å². The summed E-state index contributed by atoms with van der Waals surface area (Å²) in [5.41, 5.74) is 3.20. The normalized spacial score (nSPS) is 19.5. The number of likely N-dealkylation sites (N-methyl/N-ethyl adjacent to an activating group) is 1. The van der Waals surface area contributed by atoms with E-state index >= 15 is 0 Å². The van der Waals surface area contributed by atoms with Gasteiger partial charge >= 0.3 is 5.69 Å². The highest BCUT2D eigenvalue weighted by Crippen LogP contribution is 2.31. The number of nitrogens with one attached hydrogen (secondary N) is 2. The Hall–Kier alpha value is -1.16. The highest BCUT2D eigenvalue weighted by atomic mass is 16.1. The van der Waals surface area contributed by atoms with Crippen molar-refractivity contribution in [2.24, 2.45) is 0 Å². The first kappa shape index (κ1) is 11.3. The summed E-state index contributed by atoms with van der Waals surface area (Å²) < 4.78 is 0. The van der Waals surface area contributed by atoms with E-state index in [1.807, 2.05) is 7.05 Å². The van der Waals surface area contributed by atoms with Crippen LogP contribution in [0.2, 0.25) is 0 Å². The Labute approximate surface area is 95.5 Å². The smallest absolute Gasteiger partial charge is 0.319 e. The number of aromatic amines is 1. The summed E-state index contributed by atoms with van der Waals surface area (Å²) in [6, 6.07) is 0. The molecule has 2 N–H and O–H groups in total. The summed E-state index contributed by atoms with van der Waals surface area (Å²) in [5.74, 6) is 0.507. The van der Waals surface area contributed by atoms with Crippen LogP contribution >= 0.6 is 0 Å². The minimum absolute atomic E-state index is 0.194. The zero-order valence-electron chi connectivity index (χ0n) is 9.97. The fourth-order valence-electron chi connectivity index (χ4n) is 2.65. The van der Waals surface area contributed by atoms with Crippen LogP contribution in [-0.4, -0.2) is 23.6 Å². The summed E-state index contributed by atoms with van der Waals surface area (Å²) in [4.78, 5) is 18.4. The molecule has 1 unspecified atom stereocenters. The molecule has 1 aromatic rings. The van der Waals surface area contributed by atoms with E-state index in [-0.39, 0.29) is 5.69 Å². The maximum absolute atomic E-state index is 11.4. The second kappa shape index (κ2) is 4.78. The second-order valence-corrected chi connectivity index (χ2v) is 4.38. The Morgan fingerprint density at radius 2 is 2.38 bits per heavy atom. The molecule has 16 heavy (non-hydrogen) atoms. The molecule has 1 aliphatic carbocycles. The van der Waals surface area contributed by atoms with Gasteiger partial charge in [-0.05, 0) is 44.2 Å². The fraction of sp³-hybridized carbons (Fsp3) is 0.667. The van der Waals surface area contributed by atoms with Crippen molar-refractivity contribution >= 4 is 0 Å². The molecule has 0 aliphatic heterocycles. The van der Waals surface area contributed by atoms with Gasteiger partial charge in [-0.15, -0.1) is 0 Å². The molecule has 1 atom stereocenters. The van der Waals surface area contributed by atoms with E-state index < -0.39 is 0 Å². The quantitative estimate of drug-likeness (QED) is 0.799. The molecule has 0 aromatic carbocycles. The van der Waals surface area contributed by atoms with E-state index in [1.165, 1.54) is 12.0 Å². The second-order valence-electron chi connectivity index (χ2n) is 4.38. The molecule has 0 saturated heterocycles. The third kappa shape index (κ3) is 2.02. The Morgan fingerprint density at radius 1 is 1.56 bits per heavy atom. The number of aryl methyl sites for hydroxylation is 2. The van der Waals surface area contributed by atoms with E-state index in [2.05, 4.69) is 22.2 Å². The summed E-state index contributed by atoms with van der Waals surface area (Å²) >= 11 is 0. The van der Waals surface area contributed by atoms with Gasteiger partial charge in [0.2, 0.25) is 0 Å². The summed E-state index contributed by atoms with van der Waals surface area (Å²) in [6.07, 6.45) is 4.17. The summed E-state index contributed by atoms with van der Waals surface area (Å²) in [7, 11) is 1.97. The largest absolute Gasteiger partial charge is 0.345 e. The van der Waals surface area contributed by atoms with Crippen molar-refractivity contribution in [3.8, 4) is 0 Å². The van der Waals surface area contributed by atoms with Gasteiger partial charge in [0.15, 0.2) is 0 Å². The molecule has 1 heterocycles. The first-order valence-corrected chi connectivity index (χ1v) is 6.02. The van der Waals surface area contributed by atoms with E-state index in [1.54, 1.807) is 0 Å². The molecule has 2 rings (SSSR count). The molecule has 4 nitrogen and oxygen atoms in total. The number of nitrogens with zero attached hydrogens (tertiary/aromatic N) is 1. The Kier molecular flexibility index (Phi) is 3.39. The van der Waals surface area contributed by atoms with Gasteiger partial charge < -0.3 is 10.3 Å². The van der Waals surface area contributed by atoms with Gasteiger partial charge in [-0.1, -0.05) is 6.92 Å². The number of fused-ring (bicyclic) bond motifs is 1. The van der Waals surface area contributed by atoms with Gasteiger partial charge in [0.1, 0.15) is 0 Å². The van der Waals surface area contributed by atoms with Crippen LogP contribution in [0, 0.1) is 0 Å². The van der Waals surface area contributed by atoms with Crippen LogP contribution in [0.4, 0.5) is 0 Å². The zero-order valence-corrected chi connectivity index (χ0v) is 9.97. The third-order valence-corrected chi connectivity index (χ3v) is 3.30. The average molecular weight is 221 g/mol. The lowest BCUT2D eigenvalue weighted by molar-refractivity contribution is 0.511. The van der Waals surface area contributed by atoms with Gasteiger partial charge in [0.25, 0.3) is 0 Å². The first-order valence-electron chi connectivity index (χ1n) is 6.02. The van der Waals surface area contributed by atoms with Crippen LogP contribution in [0.25, 0.3) is 0 Å². The SMILES string of the molecule is CCc1nc(=O)[nH]c2c1C(CNC)CCC2. The molecule has 1 aliphatic rings. The minimum Gasteiger partial charge on any atom is -0.319 e. The van der Waals surface area contributed by atoms with Gasteiger partial charge in [-0.3, -0.25) is 0 Å². The standard InChI is InChI=1S/C12H19N3O/c1-3-9-11-8(7-13-2)5-4-6-10(11)15-12(16)14-9/h8,13H,3-7H2,1-2H3,(H,14,15,16). The van der Waals surface area contributed by atoms with Crippen molar-refractivity contribution in [2.75, 3.05) is 13.6 Å². The van der Waals surface area contributed by atoms with Crippen LogP contribution < -0.4 is 11.0 Å². The topological polar surface area (TPSA) is 57.8 Å². The lowest BCUT2D eigenvalue weighted by atomic mass is 9.84. The lowest BCUT2D eigenvalue weighted by Gasteiger charge is -2.26. The number of aromatic nitrogens is 2. The maximum atomic E-state index is 11.4. The summed E-state index contributed by atoms with van der Waals surface area (Å²) in [5, 5.41) is 3.22. The number of hydrogen-bond donors (Lipinski definition) is 2. The molecule has 0 fully saturated rings. The minimum atomic E-state index is -0.194. The Bertz CT molecular complexity index is 405. The van der Waals surface area contributed by atoms with Crippen LogP contribution in [0.3, 0.4) is 0 Å². The van der Waals surface area contributed by atoms with Crippen molar-refractivity contribution in [1.29, 1.82) is 0 Å². The lowest BCUT2D eigenvalue weighted by Crippen LogP contribution is -2.27. The molecular formula is C12H19N3O. The number of H-pyrrole nitrogens is 1. The maximum Gasteiger partial charge on any atom is 0.345 e. The van der Waals surface area contributed by atoms with Crippen molar-refractivity contribution < 1.29 is 0 Å². The average Bonchev–Trinajstić information content (AvgIpc) is 2.28. The van der Waals surface area contributed by atoms with E-state index in [0.717, 1.165) is 37.2 Å². The Balaban J connectivity index is 2.48. The molecule has 0 spiro atoms. The van der Waals surface area contributed by atoms with Crippen LogP contribution in [0.15, 0.2) is 4.79 Å². The predicted molar refractivity (Wildman–Crippen MR) is 63.8 cm³/mol. The van der Waals surface area contributed by atoms with E-state index in [9.17, 15) is 4.79 Å².